The Kier molecular flexibility index (Phi) is 2.38. The summed E-state index contributed by atoms with van der Waals surface area (Å²) in [6.45, 7) is 0. The highest BCUT2D eigenvalue weighted by Gasteiger charge is 2.08. The van der Waals surface area contributed by atoms with Gasteiger partial charge in [-0.2, -0.15) is 0 Å². The summed E-state index contributed by atoms with van der Waals surface area (Å²) in [6, 6.07) is 11.6. The standard InChI is InChI=1S/C13H9ClN2O2/c14-8-1-6-11-12(7-8)16(13(18)15-11)9-2-4-10(17)5-3-9/h1-7,17H,(H,15,18). The van der Waals surface area contributed by atoms with Crippen molar-refractivity contribution in [3.8, 4) is 11.4 Å². The lowest BCUT2D eigenvalue weighted by atomic mass is 10.2. The number of nitrogens with zero attached hydrogens (tertiary/aromatic N) is 1. The van der Waals surface area contributed by atoms with Gasteiger partial charge in [0.1, 0.15) is 5.75 Å². The van der Waals surface area contributed by atoms with Crippen LogP contribution < -0.4 is 5.69 Å². The first-order chi connectivity index (χ1) is 8.65. The molecule has 0 radical (unpaired) electrons. The highest BCUT2D eigenvalue weighted by Crippen LogP contribution is 2.20. The van der Waals surface area contributed by atoms with Crippen LogP contribution in [0.25, 0.3) is 16.7 Å². The van der Waals surface area contributed by atoms with E-state index in [1.54, 1.807) is 30.3 Å². The highest BCUT2D eigenvalue weighted by atomic mass is 35.5. The van der Waals surface area contributed by atoms with E-state index in [0.29, 0.717) is 16.2 Å². The van der Waals surface area contributed by atoms with E-state index in [9.17, 15) is 9.90 Å². The first-order valence-corrected chi connectivity index (χ1v) is 5.72. The molecule has 0 atom stereocenters. The number of benzene rings is 2. The first kappa shape index (κ1) is 10.9. The third-order valence-corrected chi connectivity index (χ3v) is 2.99. The van der Waals surface area contributed by atoms with Crippen LogP contribution in [0.15, 0.2) is 47.3 Å². The summed E-state index contributed by atoms with van der Waals surface area (Å²) in [5, 5.41) is 9.83. The van der Waals surface area contributed by atoms with Crippen molar-refractivity contribution < 1.29 is 5.11 Å². The lowest BCUT2D eigenvalue weighted by molar-refractivity contribution is 0.475. The number of aromatic amines is 1. The zero-order valence-electron chi connectivity index (χ0n) is 9.22. The number of fused-ring (bicyclic) bond motifs is 1. The molecule has 3 rings (SSSR count). The minimum atomic E-state index is -0.238. The topological polar surface area (TPSA) is 58.0 Å². The van der Waals surface area contributed by atoms with Gasteiger partial charge in [-0.25, -0.2) is 4.79 Å². The number of H-pyrrole nitrogens is 1. The van der Waals surface area contributed by atoms with Gasteiger partial charge in [-0.3, -0.25) is 4.57 Å². The largest absolute Gasteiger partial charge is 0.508 e. The number of halogens is 1. The number of nitrogens with one attached hydrogen (secondary N) is 1. The molecule has 0 unspecified atom stereocenters. The van der Waals surface area contributed by atoms with E-state index in [1.165, 1.54) is 16.7 Å². The zero-order valence-corrected chi connectivity index (χ0v) is 9.98. The minimum Gasteiger partial charge on any atom is -0.508 e. The second-order valence-corrected chi connectivity index (χ2v) is 4.38. The summed E-state index contributed by atoms with van der Waals surface area (Å²) in [5.74, 6) is 0.157. The molecule has 4 nitrogen and oxygen atoms in total. The SMILES string of the molecule is O=c1[nH]c2ccc(Cl)cc2n1-c1ccc(O)cc1. The van der Waals surface area contributed by atoms with Crippen molar-refractivity contribution in [1.29, 1.82) is 0 Å². The van der Waals surface area contributed by atoms with Gasteiger partial charge >= 0.3 is 5.69 Å². The fraction of sp³-hybridized carbons (Fsp3) is 0. The molecule has 1 heterocycles. The Morgan fingerprint density at radius 3 is 2.56 bits per heavy atom. The molecule has 0 saturated heterocycles. The van der Waals surface area contributed by atoms with Crippen LogP contribution >= 0.6 is 11.6 Å². The van der Waals surface area contributed by atoms with E-state index in [-0.39, 0.29) is 11.4 Å². The molecule has 0 bridgehead atoms. The fourth-order valence-electron chi connectivity index (χ4n) is 1.93. The fourth-order valence-corrected chi connectivity index (χ4v) is 2.10. The summed E-state index contributed by atoms with van der Waals surface area (Å²) in [5.41, 5.74) is 1.86. The summed E-state index contributed by atoms with van der Waals surface area (Å²) >= 11 is 5.94. The second-order valence-electron chi connectivity index (χ2n) is 3.94. The van der Waals surface area contributed by atoms with Gasteiger partial charge in [0.2, 0.25) is 0 Å². The lowest BCUT2D eigenvalue weighted by Crippen LogP contribution is -2.14. The average molecular weight is 261 g/mol. The Labute approximate surface area is 107 Å². The first-order valence-electron chi connectivity index (χ1n) is 5.35. The summed E-state index contributed by atoms with van der Waals surface area (Å²) in [6.07, 6.45) is 0. The summed E-state index contributed by atoms with van der Waals surface area (Å²) < 4.78 is 1.51. The Balaban J connectivity index is 2.34. The van der Waals surface area contributed by atoms with Crippen LogP contribution in [-0.4, -0.2) is 14.7 Å². The quantitative estimate of drug-likeness (QED) is 0.707. The van der Waals surface area contributed by atoms with E-state index in [2.05, 4.69) is 4.98 Å². The Bertz CT molecular complexity index is 772. The number of aromatic hydroxyl groups is 1. The van der Waals surface area contributed by atoms with Crippen molar-refractivity contribution in [3.63, 3.8) is 0 Å². The zero-order chi connectivity index (χ0) is 12.7. The molecule has 2 N–H and O–H groups in total. The van der Waals surface area contributed by atoms with E-state index in [0.717, 1.165) is 5.52 Å². The third-order valence-electron chi connectivity index (χ3n) is 2.75. The Morgan fingerprint density at radius 1 is 1.11 bits per heavy atom. The monoisotopic (exact) mass is 260 g/mol. The van der Waals surface area contributed by atoms with Crippen LogP contribution in [0.4, 0.5) is 0 Å². The maximum Gasteiger partial charge on any atom is 0.331 e. The number of rotatable bonds is 1. The Hall–Kier alpha value is -2.20. The molecule has 0 amide bonds. The van der Waals surface area contributed by atoms with Gasteiger partial charge in [0.25, 0.3) is 0 Å². The molecule has 0 fully saturated rings. The number of phenols is 1. The van der Waals surface area contributed by atoms with Gasteiger partial charge in [0.15, 0.2) is 0 Å². The molecule has 0 aliphatic carbocycles. The maximum absolute atomic E-state index is 11.9. The predicted molar refractivity (Wildman–Crippen MR) is 70.6 cm³/mol. The highest BCUT2D eigenvalue weighted by molar-refractivity contribution is 6.31. The number of imidazole rings is 1. The van der Waals surface area contributed by atoms with E-state index >= 15 is 0 Å². The number of phenolic OH excluding ortho intramolecular Hbond substituents is 1. The summed E-state index contributed by atoms with van der Waals surface area (Å²) in [7, 11) is 0. The normalized spacial score (nSPS) is 10.9. The minimum absolute atomic E-state index is 0.157. The molecular formula is C13H9ClN2O2. The van der Waals surface area contributed by atoms with Gasteiger partial charge < -0.3 is 10.1 Å². The molecule has 18 heavy (non-hydrogen) atoms. The van der Waals surface area contributed by atoms with Gasteiger partial charge in [-0.15, -0.1) is 0 Å². The van der Waals surface area contributed by atoms with E-state index < -0.39 is 0 Å². The van der Waals surface area contributed by atoms with Crippen LogP contribution in [0, 0.1) is 0 Å². The van der Waals surface area contributed by atoms with Gasteiger partial charge in [-0.1, -0.05) is 11.6 Å². The van der Waals surface area contributed by atoms with Crippen LogP contribution in [0.5, 0.6) is 5.75 Å². The smallest absolute Gasteiger partial charge is 0.331 e. The number of aromatic nitrogens is 2. The molecular weight excluding hydrogens is 252 g/mol. The number of hydrogen-bond acceptors (Lipinski definition) is 2. The molecule has 0 spiro atoms. The maximum atomic E-state index is 11.9. The van der Waals surface area contributed by atoms with Crippen molar-refractivity contribution in [2.24, 2.45) is 0 Å². The molecule has 0 aliphatic heterocycles. The second kappa shape index (κ2) is 3.92. The molecule has 3 aromatic rings. The summed E-state index contributed by atoms with van der Waals surface area (Å²) in [4.78, 5) is 14.7. The lowest BCUT2D eigenvalue weighted by Gasteiger charge is -2.03. The van der Waals surface area contributed by atoms with Gasteiger partial charge in [-0.05, 0) is 42.5 Å². The van der Waals surface area contributed by atoms with E-state index in [4.69, 9.17) is 11.6 Å². The van der Waals surface area contributed by atoms with Crippen LogP contribution in [0.3, 0.4) is 0 Å². The van der Waals surface area contributed by atoms with Gasteiger partial charge in [0.05, 0.1) is 16.7 Å². The van der Waals surface area contributed by atoms with Crippen molar-refractivity contribution in [2.45, 2.75) is 0 Å². The van der Waals surface area contributed by atoms with Crippen molar-refractivity contribution in [3.05, 3.63) is 58.0 Å². The van der Waals surface area contributed by atoms with Crippen molar-refractivity contribution >= 4 is 22.6 Å². The molecule has 5 heteroatoms. The molecule has 0 aliphatic rings. The average Bonchev–Trinajstić information content (AvgIpc) is 2.66. The van der Waals surface area contributed by atoms with Crippen LogP contribution in [0.1, 0.15) is 0 Å². The third kappa shape index (κ3) is 1.67. The number of hydrogen-bond donors (Lipinski definition) is 2. The van der Waals surface area contributed by atoms with E-state index in [1.807, 2.05) is 0 Å². The van der Waals surface area contributed by atoms with Crippen LogP contribution in [0.2, 0.25) is 5.02 Å². The predicted octanol–water partition coefficient (Wildman–Crippen LogP) is 2.68. The van der Waals surface area contributed by atoms with Crippen LogP contribution in [-0.2, 0) is 0 Å². The molecule has 0 saturated carbocycles. The van der Waals surface area contributed by atoms with Crippen molar-refractivity contribution in [2.75, 3.05) is 0 Å². The Morgan fingerprint density at radius 2 is 1.83 bits per heavy atom. The molecule has 2 aromatic carbocycles. The van der Waals surface area contributed by atoms with Crippen molar-refractivity contribution in [1.82, 2.24) is 9.55 Å². The molecule has 90 valence electrons. The van der Waals surface area contributed by atoms with Gasteiger partial charge in [0, 0.05) is 5.02 Å². The molecule has 1 aromatic heterocycles.